The predicted octanol–water partition coefficient (Wildman–Crippen LogP) is 3.26. The highest BCUT2D eigenvalue weighted by Gasteiger charge is 2.43. The van der Waals surface area contributed by atoms with Gasteiger partial charge in [-0.1, -0.05) is 17.7 Å². The van der Waals surface area contributed by atoms with Crippen LogP contribution in [-0.2, 0) is 9.53 Å². The molecule has 0 saturated carbocycles. The van der Waals surface area contributed by atoms with Gasteiger partial charge in [0.1, 0.15) is 11.9 Å². The van der Waals surface area contributed by atoms with Gasteiger partial charge in [-0.05, 0) is 29.5 Å². The van der Waals surface area contributed by atoms with Crippen molar-refractivity contribution in [2.45, 2.75) is 25.3 Å². The Labute approximate surface area is 191 Å². The van der Waals surface area contributed by atoms with Crippen LogP contribution < -0.4 is 0 Å². The molecule has 12 heteroatoms. The number of aliphatic imine (C=N–C) groups is 1. The van der Waals surface area contributed by atoms with Crippen LogP contribution in [0.5, 0.6) is 0 Å². The summed E-state index contributed by atoms with van der Waals surface area (Å²) in [5, 5.41) is 17.0. The molecule has 0 radical (unpaired) electrons. The first-order chi connectivity index (χ1) is 15.6. The van der Waals surface area contributed by atoms with Gasteiger partial charge < -0.3 is 9.64 Å². The minimum absolute atomic E-state index is 0.0861. The summed E-state index contributed by atoms with van der Waals surface area (Å²) in [6.45, 7) is 2.46. The first-order valence-corrected chi connectivity index (χ1v) is 11.2. The van der Waals surface area contributed by atoms with Gasteiger partial charge in [0.25, 0.3) is 0 Å². The number of amidine groups is 1. The number of aromatic nitrogens is 5. The van der Waals surface area contributed by atoms with E-state index < -0.39 is 17.8 Å². The number of rotatable bonds is 5. The molecule has 2 atom stereocenters. The van der Waals surface area contributed by atoms with E-state index in [0.717, 1.165) is 5.70 Å². The first-order valence-electron chi connectivity index (χ1n) is 9.90. The standard InChI is InChI=1S/C20H17ClFN7O2S/c1-2-31-20(30)15-14-7-10(17-25-27-28-26-17)9-29(14)18(19-23-5-6-32-19)24-16(15)12-4-3-11(22)8-13(12)21/h3-6,8,10,16H,2,7,9H2,1H3,(H,25,26,27,28)/t10-,16-/m0/s1. The van der Waals surface area contributed by atoms with Gasteiger partial charge in [0.15, 0.2) is 16.7 Å². The number of allylic oxidation sites excluding steroid dienone is 1. The average Bonchev–Trinajstić information content (AvgIpc) is 3.54. The van der Waals surface area contributed by atoms with E-state index in [0.29, 0.717) is 40.8 Å². The Morgan fingerprint density at radius 1 is 1.44 bits per heavy atom. The highest BCUT2D eigenvalue weighted by atomic mass is 35.5. The van der Waals surface area contributed by atoms with E-state index in [1.807, 2.05) is 10.3 Å². The van der Waals surface area contributed by atoms with Crippen molar-refractivity contribution in [2.24, 2.45) is 4.99 Å². The molecule has 32 heavy (non-hydrogen) atoms. The molecular formula is C20H17ClFN7O2S. The topological polar surface area (TPSA) is 109 Å². The molecule has 0 bridgehead atoms. The zero-order chi connectivity index (χ0) is 22.2. The Balaban J connectivity index is 1.69. The van der Waals surface area contributed by atoms with E-state index in [2.05, 4.69) is 25.6 Å². The van der Waals surface area contributed by atoms with Crippen LogP contribution in [0.1, 0.15) is 41.7 Å². The zero-order valence-corrected chi connectivity index (χ0v) is 18.4. The van der Waals surface area contributed by atoms with Gasteiger partial charge in [-0.2, -0.15) is 0 Å². The first kappa shape index (κ1) is 20.7. The summed E-state index contributed by atoms with van der Waals surface area (Å²) in [7, 11) is 0. The molecule has 3 aromatic rings. The van der Waals surface area contributed by atoms with Crippen molar-refractivity contribution >= 4 is 34.7 Å². The Bertz CT molecular complexity index is 1210. The number of H-pyrrole nitrogens is 1. The van der Waals surface area contributed by atoms with Crippen LogP contribution in [0.25, 0.3) is 0 Å². The third-order valence-corrected chi connectivity index (χ3v) is 6.48. The smallest absolute Gasteiger partial charge is 0.338 e. The number of nitrogens with one attached hydrogen (secondary N) is 1. The van der Waals surface area contributed by atoms with Crippen LogP contribution in [0.3, 0.4) is 0 Å². The SMILES string of the molecule is CCOC(=O)C1=C2C[C@H](c3nnn[nH]3)CN2C(c2nccs2)=N[C@H]1c1ccc(F)cc1Cl. The molecule has 2 aliphatic rings. The minimum atomic E-state index is -0.765. The number of carbonyl (C=O) groups is 1. The van der Waals surface area contributed by atoms with E-state index in [-0.39, 0.29) is 17.5 Å². The molecule has 0 unspecified atom stereocenters. The molecule has 0 aliphatic carbocycles. The van der Waals surface area contributed by atoms with E-state index in [1.54, 1.807) is 19.2 Å². The Kier molecular flexibility index (Phi) is 5.43. The Morgan fingerprint density at radius 2 is 2.31 bits per heavy atom. The number of esters is 1. The number of benzene rings is 1. The van der Waals surface area contributed by atoms with Crippen molar-refractivity contribution < 1.29 is 13.9 Å². The molecule has 164 valence electrons. The molecule has 1 saturated heterocycles. The van der Waals surface area contributed by atoms with Gasteiger partial charge in [-0.3, -0.25) is 4.99 Å². The number of thiazole rings is 1. The maximum absolute atomic E-state index is 13.8. The van der Waals surface area contributed by atoms with Crippen LogP contribution in [0.4, 0.5) is 4.39 Å². The van der Waals surface area contributed by atoms with Crippen molar-refractivity contribution in [2.75, 3.05) is 13.2 Å². The number of fused-ring (bicyclic) bond motifs is 1. The lowest BCUT2D eigenvalue weighted by molar-refractivity contribution is -0.139. The maximum Gasteiger partial charge on any atom is 0.338 e. The summed E-state index contributed by atoms with van der Waals surface area (Å²) in [6, 6.07) is 3.30. The summed E-state index contributed by atoms with van der Waals surface area (Å²) < 4.78 is 19.1. The maximum atomic E-state index is 13.8. The minimum Gasteiger partial charge on any atom is -0.463 e. The lowest BCUT2D eigenvalue weighted by atomic mass is 9.93. The average molecular weight is 474 g/mol. The zero-order valence-electron chi connectivity index (χ0n) is 16.8. The summed E-state index contributed by atoms with van der Waals surface area (Å²) in [5.41, 5.74) is 1.63. The molecule has 0 spiro atoms. The van der Waals surface area contributed by atoms with Gasteiger partial charge in [0, 0.05) is 46.7 Å². The van der Waals surface area contributed by atoms with Crippen LogP contribution in [0.2, 0.25) is 5.02 Å². The molecule has 5 rings (SSSR count). The number of aromatic amines is 1. The third kappa shape index (κ3) is 3.56. The fourth-order valence-electron chi connectivity index (χ4n) is 4.04. The number of nitrogens with zero attached hydrogens (tertiary/aromatic N) is 6. The second kappa shape index (κ2) is 8.40. The van der Waals surface area contributed by atoms with Crippen molar-refractivity contribution in [3.63, 3.8) is 0 Å². The molecule has 1 aromatic carbocycles. The highest BCUT2D eigenvalue weighted by molar-refractivity contribution is 7.11. The lowest BCUT2D eigenvalue weighted by Crippen LogP contribution is -2.35. The van der Waals surface area contributed by atoms with Crippen molar-refractivity contribution in [1.82, 2.24) is 30.5 Å². The largest absolute Gasteiger partial charge is 0.463 e. The number of hydrogen-bond donors (Lipinski definition) is 1. The molecule has 1 N–H and O–H groups in total. The molecule has 0 amide bonds. The fourth-order valence-corrected chi connectivity index (χ4v) is 4.95. The van der Waals surface area contributed by atoms with Crippen molar-refractivity contribution in [3.8, 4) is 0 Å². The molecule has 4 heterocycles. The van der Waals surface area contributed by atoms with Crippen molar-refractivity contribution in [3.05, 3.63) is 68.3 Å². The molecule has 2 aliphatic heterocycles. The van der Waals surface area contributed by atoms with Crippen LogP contribution in [0, 0.1) is 5.82 Å². The molecule has 9 nitrogen and oxygen atoms in total. The van der Waals surface area contributed by atoms with Gasteiger partial charge in [-0.25, -0.2) is 19.3 Å². The number of tetrazole rings is 1. The second-order valence-electron chi connectivity index (χ2n) is 7.24. The number of ether oxygens (including phenoxy) is 1. The number of halogens is 2. The summed E-state index contributed by atoms with van der Waals surface area (Å²) in [5.74, 6) is 0.186. The quantitative estimate of drug-likeness (QED) is 0.566. The normalized spacial score (nSPS) is 20.3. The summed E-state index contributed by atoms with van der Waals surface area (Å²) in [4.78, 5) is 24.4. The monoisotopic (exact) mass is 473 g/mol. The fraction of sp³-hybridized carbons (Fsp3) is 0.300. The molecule has 2 aromatic heterocycles. The number of carbonyl (C=O) groups excluding carboxylic acids is 1. The number of hydrogen-bond acceptors (Lipinski definition) is 9. The second-order valence-corrected chi connectivity index (χ2v) is 8.54. The van der Waals surface area contributed by atoms with Crippen molar-refractivity contribution in [1.29, 1.82) is 0 Å². The van der Waals surface area contributed by atoms with E-state index in [4.69, 9.17) is 21.3 Å². The van der Waals surface area contributed by atoms with Gasteiger partial charge >= 0.3 is 5.97 Å². The van der Waals surface area contributed by atoms with E-state index in [1.165, 1.54) is 23.5 Å². The molecule has 1 fully saturated rings. The van der Waals surface area contributed by atoms with Gasteiger partial charge in [-0.15, -0.1) is 16.4 Å². The Hall–Kier alpha value is -3.18. The third-order valence-electron chi connectivity index (χ3n) is 5.38. The van der Waals surface area contributed by atoms with Crippen LogP contribution in [-0.4, -0.2) is 55.5 Å². The summed E-state index contributed by atoms with van der Waals surface area (Å²) in [6.07, 6.45) is 2.19. The van der Waals surface area contributed by atoms with E-state index in [9.17, 15) is 9.18 Å². The lowest BCUT2D eigenvalue weighted by Gasteiger charge is -2.31. The highest BCUT2D eigenvalue weighted by Crippen LogP contribution is 2.45. The predicted molar refractivity (Wildman–Crippen MR) is 115 cm³/mol. The van der Waals surface area contributed by atoms with E-state index >= 15 is 0 Å². The molecular weight excluding hydrogens is 457 g/mol. The van der Waals surface area contributed by atoms with Crippen LogP contribution >= 0.6 is 22.9 Å². The van der Waals surface area contributed by atoms with Gasteiger partial charge in [0.05, 0.1) is 12.2 Å². The summed E-state index contributed by atoms with van der Waals surface area (Å²) >= 11 is 7.83. The Morgan fingerprint density at radius 3 is 3.00 bits per heavy atom. The van der Waals surface area contributed by atoms with Gasteiger partial charge in [0.2, 0.25) is 0 Å². The van der Waals surface area contributed by atoms with Crippen LogP contribution in [0.15, 0.2) is 46.0 Å².